The molecule has 0 unspecified atom stereocenters. The molecule has 0 aliphatic carbocycles. The Hall–Kier alpha value is -2.40. The standard InChI is InChI=1S/C14H14N4O/c1-18-12-6-9(8-15)2-3-11(12)17-14(18)10-4-5-16-13(19)7-10/h2-7H,8,15H2,1H3,(H,16,19). The van der Waals surface area contributed by atoms with Gasteiger partial charge in [-0.1, -0.05) is 6.07 Å². The Kier molecular flexibility index (Phi) is 2.68. The van der Waals surface area contributed by atoms with Crippen LogP contribution in [0.4, 0.5) is 0 Å². The Labute approximate surface area is 109 Å². The lowest BCUT2D eigenvalue weighted by Crippen LogP contribution is -2.04. The van der Waals surface area contributed by atoms with Crippen molar-refractivity contribution in [3.8, 4) is 11.4 Å². The lowest BCUT2D eigenvalue weighted by Gasteiger charge is -2.02. The zero-order chi connectivity index (χ0) is 13.4. The SMILES string of the molecule is Cn1c(-c2cc[nH]c(=O)c2)nc2ccc(CN)cc21. The van der Waals surface area contributed by atoms with Gasteiger partial charge in [0.1, 0.15) is 5.82 Å². The molecule has 3 rings (SSSR count). The molecule has 0 saturated heterocycles. The highest BCUT2D eigenvalue weighted by Crippen LogP contribution is 2.23. The molecule has 1 aromatic carbocycles. The summed E-state index contributed by atoms with van der Waals surface area (Å²) in [7, 11) is 1.94. The summed E-state index contributed by atoms with van der Waals surface area (Å²) in [6, 6.07) is 9.33. The van der Waals surface area contributed by atoms with Crippen molar-refractivity contribution in [3.05, 3.63) is 52.4 Å². The Morgan fingerprint density at radius 1 is 1.32 bits per heavy atom. The lowest BCUT2D eigenvalue weighted by atomic mass is 10.2. The van der Waals surface area contributed by atoms with Gasteiger partial charge in [0.15, 0.2) is 0 Å². The molecule has 96 valence electrons. The van der Waals surface area contributed by atoms with Crippen molar-refractivity contribution in [1.82, 2.24) is 14.5 Å². The minimum atomic E-state index is -0.132. The van der Waals surface area contributed by atoms with Gasteiger partial charge in [-0.05, 0) is 23.8 Å². The highest BCUT2D eigenvalue weighted by atomic mass is 16.1. The molecule has 19 heavy (non-hydrogen) atoms. The molecule has 3 aromatic rings. The van der Waals surface area contributed by atoms with Crippen LogP contribution in [0.2, 0.25) is 0 Å². The quantitative estimate of drug-likeness (QED) is 0.725. The van der Waals surface area contributed by atoms with Crippen molar-refractivity contribution in [2.75, 3.05) is 0 Å². The summed E-state index contributed by atoms with van der Waals surface area (Å²) in [6.07, 6.45) is 1.63. The molecule has 5 heteroatoms. The first-order valence-corrected chi connectivity index (χ1v) is 6.03. The summed E-state index contributed by atoms with van der Waals surface area (Å²) in [5.74, 6) is 0.773. The molecule has 0 saturated carbocycles. The maximum atomic E-state index is 11.4. The number of hydrogen-bond donors (Lipinski definition) is 2. The molecule has 0 fully saturated rings. The minimum Gasteiger partial charge on any atom is -0.329 e. The van der Waals surface area contributed by atoms with E-state index < -0.39 is 0 Å². The zero-order valence-electron chi connectivity index (χ0n) is 10.6. The number of rotatable bonds is 2. The molecule has 0 bridgehead atoms. The fourth-order valence-corrected chi connectivity index (χ4v) is 2.20. The van der Waals surface area contributed by atoms with Crippen LogP contribution in [0.1, 0.15) is 5.56 Å². The van der Waals surface area contributed by atoms with Crippen LogP contribution in [-0.4, -0.2) is 14.5 Å². The number of hydrogen-bond acceptors (Lipinski definition) is 3. The number of imidazole rings is 1. The summed E-state index contributed by atoms with van der Waals surface area (Å²) >= 11 is 0. The van der Waals surface area contributed by atoms with Gasteiger partial charge >= 0.3 is 0 Å². The van der Waals surface area contributed by atoms with E-state index in [9.17, 15) is 4.79 Å². The summed E-state index contributed by atoms with van der Waals surface area (Å²) in [4.78, 5) is 18.6. The van der Waals surface area contributed by atoms with E-state index in [1.807, 2.05) is 35.9 Å². The number of pyridine rings is 1. The Morgan fingerprint density at radius 3 is 2.89 bits per heavy atom. The number of nitrogens with two attached hydrogens (primary N) is 1. The molecule has 2 heterocycles. The molecule has 3 N–H and O–H groups in total. The van der Waals surface area contributed by atoms with E-state index in [1.165, 1.54) is 0 Å². The van der Waals surface area contributed by atoms with E-state index in [1.54, 1.807) is 12.3 Å². The van der Waals surface area contributed by atoms with Crippen LogP contribution in [0, 0.1) is 0 Å². The van der Waals surface area contributed by atoms with E-state index in [4.69, 9.17) is 5.73 Å². The number of benzene rings is 1. The Bertz CT molecular complexity index is 801. The van der Waals surface area contributed by atoms with Crippen molar-refractivity contribution in [2.24, 2.45) is 12.8 Å². The van der Waals surface area contributed by atoms with Crippen LogP contribution < -0.4 is 11.3 Å². The highest BCUT2D eigenvalue weighted by molar-refractivity contribution is 5.81. The van der Waals surface area contributed by atoms with E-state index in [-0.39, 0.29) is 5.56 Å². The van der Waals surface area contributed by atoms with E-state index in [2.05, 4.69) is 9.97 Å². The van der Waals surface area contributed by atoms with Gasteiger partial charge in [-0.25, -0.2) is 4.98 Å². The summed E-state index contributed by atoms with van der Waals surface area (Å²) in [5, 5.41) is 0. The van der Waals surface area contributed by atoms with E-state index in [0.717, 1.165) is 28.0 Å². The van der Waals surface area contributed by atoms with E-state index in [0.29, 0.717) is 6.54 Å². The maximum Gasteiger partial charge on any atom is 0.248 e. The summed E-state index contributed by atoms with van der Waals surface area (Å²) < 4.78 is 1.98. The first-order valence-electron chi connectivity index (χ1n) is 6.03. The lowest BCUT2D eigenvalue weighted by molar-refractivity contribution is 0.955. The third kappa shape index (κ3) is 1.94. The van der Waals surface area contributed by atoms with Crippen LogP contribution in [0.15, 0.2) is 41.3 Å². The van der Waals surface area contributed by atoms with Gasteiger partial charge in [0.05, 0.1) is 11.0 Å². The minimum absolute atomic E-state index is 0.132. The van der Waals surface area contributed by atoms with E-state index >= 15 is 0 Å². The van der Waals surface area contributed by atoms with Gasteiger partial charge in [-0.3, -0.25) is 4.79 Å². The Balaban J connectivity index is 2.25. The topological polar surface area (TPSA) is 76.7 Å². The number of nitrogens with zero attached hydrogens (tertiary/aromatic N) is 2. The number of aryl methyl sites for hydroxylation is 1. The number of aromatic amines is 1. The molecule has 0 aliphatic rings. The fraction of sp³-hybridized carbons (Fsp3) is 0.143. The van der Waals surface area contributed by atoms with Gasteiger partial charge < -0.3 is 15.3 Å². The second-order valence-electron chi connectivity index (χ2n) is 4.46. The van der Waals surface area contributed by atoms with Gasteiger partial charge in [0.25, 0.3) is 0 Å². The van der Waals surface area contributed by atoms with Crippen molar-refractivity contribution < 1.29 is 0 Å². The molecule has 2 aromatic heterocycles. The maximum absolute atomic E-state index is 11.4. The third-order valence-corrected chi connectivity index (χ3v) is 3.21. The van der Waals surface area contributed by atoms with Crippen molar-refractivity contribution in [3.63, 3.8) is 0 Å². The number of fused-ring (bicyclic) bond motifs is 1. The smallest absolute Gasteiger partial charge is 0.248 e. The molecule has 0 atom stereocenters. The van der Waals surface area contributed by atoms with Crippen LogP contribution in [-0.2, 0) is 13.6 Å². The molecular weight excluding hydrogens is 240 g/mol. The summed E-state index contributed by atoms with van der Waals surface area (Å²) in [5.41, 5.74) is 9.30. The number of aromatic nitrogens is 3. The predicted molar refractivity (Wildman–Crippen MR) is 74.7 cm³/mol. The number of nitrogens with one attached hydrogen (secondary N) is 1. The van der Waals surface area contributed by atoms with Crippen LogP contribution in [0.5, 0.6) is 0 Å². The highest BCUT2D eigenvalue weighted by Gasteiger charge is 2.10. The van der Waals surface area contributed by atoms with Crippen LogP contribution in [0.3, 0.4) is 0 Å². The molecule has 0 aliphatic heterocycles. The van der Waals surface area contributed by atoms with Gasteiger partial charge in [0, 0.05) is 31.4 Å². The first-order chi connectivity index (χ1) is 9.19. The third-order valence-electron chi connectivity index (χ3n) is 3.21. The summed E-state index contributed by atoms with van der Waals surface area (Å²) in [6.45, 7) is 0.501. The Morgan fingerprint density at radius 2 is 2.16 bits per heavy atom. The van der Waals surface area contributed by atoms with Gasteiger partial charge in [0.2, 0.25) is 5.56 Å². The monoisotopic (exact) mass is 254 g/mol. The normalized spacial score (nSPS) is 11.1. The molecular formula is C14H14N4O. The second kappa shape index (κ2) is 4.37. The van der Waals surface area contributed by atoms with Crippen LogP contribution >= 0.6 is 0 Å². The average Bonchev–Trinajstić information content (AvgIpc) is 2.76. The second-order valence-corrected chi connectivity index (χ2v) is 4.46. The first kappa shape index (κ1) is 11.7. The number of H-pyrrole nitrogens is 1. The fourth-order valence-electron chi connectivity index (χ4n) is 2.20. The molecule has 0 radical (unpaired) electrons. The van der Waals surface area contributed by atoms with Gasteiger partial charge in [-0.2, -0.15) is 0 Å². The molecule has 5 nitrogen and oxygen atoms in total. The average molecular weight is 254 g/mol. The predicted octanol–water partition coefficient (Wildman–Crippen LogP) is 1.39. The van der Waals surface area contributed by atoms with Crippen molar-refractivity contribution in [1.29, 1.82) is 0 Å². The van der Waals surface area contributed by atoms with Crippen molar-refractivity contribution >= 4 is 11.0 Å². The molecule has 0 amide bonds. The zero-order valence-corrected chi connectivity index (χ0v) is 10.6. The van der Waals surface area contributed by atoms with Crippen LogP contribution in [0.25, 0.3) is 22.4 Å². The molecule has 0 spiro atoms. The van der Waals surface area contributed by atoms with Crippen molar-refractivity contribution in [2.45, 2.75) is 6.54 Å². The van der Waals surface area contributed by atoms with Gasteiger partial charge in [-0.15, -0.1) is 0 Å². The largest absolute Gasteiger partial charge is 0.329 e.